The van der Waals surface area contributed by atoms with E-state index in [1.807, 2.05) is 39.0 Å². The standard InChI is InChI=1S/C20H17NO4S2/c1-10-4-5-13(8-11(10)2)12(3)17-18(23)21(20(26)27-17)14-6-7-15(19(24)25)16(22)9-14/h4-9,22H,1-3H3,(H,24,25)/b17-12-. The number of aromatic hydroxyl groups is 1. The van der Waals surface area contributed by atoms with Crippen LogP contribution >= 0.6 is 24.0 Å². The normalized spacial score (nSPS) is 16.0. The first-order chi connectivity index (χ1) is 12.7. The molecule has 0 aliphatic carbocycles. The van der Waals surface area contributed by atoms with E-state index in [-0.39, 0.29) is 11.5 Å². The van der Waals surface area contributed by atoms with Gasteiger partial charge in [-0.1, -0.05) is 42.2 Å². The SMILES string of the molecule is C/C(=C1/SC(=S)N(c2ccc(C(=O)O)c(O)c2)C1=O)c1ccc(C)c(C)c1. The van der Waals surface area contributed by atoms with Gasteiger partial charge in [-0.3, -0.25) is 9.69 Å². The first-order valence-corrected chi connectivity index (χ1v) is 9.34. The molecular formula is C20H17NO4S2. The van der Waals surface area contributed by atoms with Gasteiger partial charge < -0.3 is 10.2 Å². The van der Waals surface area contributed by atoms with Crippen LogP contribution in [0.1, 0.15) is 34.0 Å². The Kier molecular flexibility index (Phi) is 5.08. The number of carbonyl (C=O) groups is 2. The van der Waals surface area contributed by atoms with Crippen molar-refractivity contribution < 1.29 is 19.8 Å². The van der Waals surface area contributed by atoms with Gasteiger partial charge in [-0.15, -0.1) is 0 Å². The number of phenols is 1. The van der Waals surface area contributed by atoms with Crippen molar-refractivity contribution in [2.75, 3.05) is 4.90 Å². The molecule has 2 aromatic carbocycles. The van der Waals surface area contributed by atoms with Gasteiger partial charge in [-0.2, -0.15) is 0 Å². The predicted octanol–water partition coefficient (Wildman–Crippen LogP) is 4.50. The molecular weight excluding hydrogens is 382 g/mol. The van der Waals surface area contributed by atoms with E-state index in [1.54, 1.807) is 0 Å². The van der Waals surface area contributed by atoms with Gasteiger partial charge in [0.1, 0.15) is 11.3 Å². The summed E-state index contributed by atoms with van der Waals surface area (Å²) in [5, 5.41) is 19.0. The summed E-state index contributed by atoms with van der Waals surface area (Å²) >= 11 is 6.55. The van der Waals surface area contributed by atoms with E-state index < -0.39 is 11.7 Å². The van der Waals surface area contributed by atoms with Gasteiger partial charge in [0.25, 0.3) is 5.91 Å². The van der Waals surface area contributed by atoms with Gasteiger partial charge >= 0.3 is 5.97 Å². The molecule has 1 aliphatic heterocycles. The van der Waals surface area contributed by atoms with Gasteiger partial charge in [0.15, 0.2) is 4.32 Å². The Morgan fingerprint density at radius 2 is 1.81 bits per heavy atom. The zero-order valence-electron chi connectivity index (χ0n) is 14.9. The fourth-order valence-corrected chi connectivity index (χ4v) is 4.11. The Bertz CT molecular complexity index is 1030. The summed E-state index contributed by atoms with van der Waals surface area (Å²) in [6.45, 7) is 5.92. The largest absolute Gasteiger partial charge is 0.507 e. The highest BCUT2D eigenvalue weighted by Crippen LogP contribution is 2.40. The van der Waals surface area contributed by atoms with Crippen molar-refractivity contribution in [3.63, 3.8) is 0 Å². The summed E-state index contributed by atoms with van der Waals surface area (Å²) in [5.41, 5.74) is 4.19. The maximum atomic E-state index is 13.0. The van der Waals surface area contributed by atoms with Crippen molar-refractivity contribution in [3.05, 3.63) is 63.6 Å². The molecule has 1 saturated heterocycles. The fraction of sp³-hybridized carbons (Fsp3) is 0.150. The van der Waals surface area contributed by atoms with Gasteiger partial charge in [-0.05, 0) is 55.2 Å². The van der Waals surface area contributed by atoms with E-state index in [0.29, 0.717) is 14.9 Å². The van der Waals surface area contributed by atoms with Crippen molar-refractivity contribution in [1.82, 2.24) is 0 Å². The molecule has 0 unspecified atom stereocenters. The van der Waals surface area contributed by atoms with E-state index in [0.717, 1.165) is 16.7 Å². The van der Waals surface area contributed by atoms with E-state index in [9.17, 15) is 14.7 Å². The van der Waals surface area contributed by atoms with Crippen LogP contribution in [0.5, 0.6) is 5.75 Å². The minimum absolute atomic E-state index is 0.231. The van der Waals surface area contributed by atoms with Crippen molar-refractivity contribution in [3.8, 4) is 5.75 Å². The lowest BCUT2D eigenvalue weighted by molar-refractivity contribution is -0.113. The van der Waals surface area contributed by atoms with Crippen molar-refractivity contribution in [1.29, 1.82) is 0 Å². The van der Waals surface area contributed by atoms with E-state index in [1.165, 1.54) is 40.4 Å². The third-order valence-electron chi connectivity index (χ3n) is 4.52. The molecule has 1 fully saturated rings. The summed E-state index contributed by atoms with van der Waals surface area (Å²) in [5.74, 6) is -1.94. The molecule has 3 rings (SSSR count). The molecule has 2 aromatic rings. The highest BCUT2D eigenvalue weighted by molar-refractivity contribution is 8.27. The third kappa shape index (κ3) is 3.48. The van der Waals surface area contributed by atoms with Gasteiger partial charge in [0.2, 0.25) is 0 Å². The second kappa shape index (κ2) is 7.17. The quantitative estimate of drug-likeness (QED) is 0.584. The fourth-order valence-electron chi connectivity index (χ4n) is 2.77. The summed E-state index contributed by atoms with van der Waals surface area (Å²) in [7, 11) is 0. The molecule has 7 heteroatoms. The smallest absolute Gasteiger partial charge is 0.339 e. The molecule has 0 atom stereocenters. The summed E-state index contributed by atoms with van der Waals surface area (Å²) < 4.78 is 0.334. The van der Waals surface area contributed by atoms with Crippen LogP contribution in [0.2, 0.25) is 0 Å². The number of thioether (sulfide) groups is 1. The van der Waals surface area contributed by atoms with Gasteiger partial charge in [0.05, 0.1) is 10.6 Å². The van der Waals surface area contributed by atoms with Crippen molar-refractivity contribution in [2.45, 2.75) is 20.8 Å². The molecule has 1 amide bonds. The average molecular weight is 399 g/mol. The van der Waals surface area contributed by atoms with Crippen LogP contribution in [-0.2, 0) is 4.79 Å². The molecule has 1 aliphatic rings. The number of hydrogen-bond donors (Lipinski definition) is 2. The second-order valence-corrected chi connectivity index (χ2v) is 7.91. The first-order valence-electron chi connectivity index (χ1n) is 8.11. The molecule has 0 aromatic heterocycles. The Balaban J connectivity index is 2.01. The molecule has 0 radical (unpaired) electrons. The Morgan fingerprint density at radius 3 is 2.41 bits per heavy atom. The number of amides is 1. The Morgan fingerprint density at radius 1 is 1.11 bits per heavy atom. The van der Waals surface area contributed by atoms with Crippen LogP contribution in [0.4, 0.5) is 5.69 Å². The Labute approximate surface area is 166 Å². The summed E-state index contributed by atoms with van der Waals surface area (Å²) in [6, 6.07) is 9.97. The van der Waals surface area contributed by atoms with Gasteiger partial charge in [0, 0.05) is 6.07 Å². The number of hydrogen-bond acceptors (Lipinski definition) is 5. The molecule has 138 valence electrons. The van der Waals surface area contributed by atoms with Crippen LogP contribution in [0.25, 0.3) is 5.57 Å². The minimum atomic E-state index is -1.24. The number of rotatable bonds is 3. The number of benzene rings is 2. The van der Waals surface area contributed by atoms with Crippen LogP contribution in [0.15, 0.2) is 41.3 Å². The Hall–Kier alpha value is -2.64. The minimum Gasteiger partial charge on any atom is -0.507 e. The maximum absolute atomic E-state index is 13.0. The number of carbonyl (C=O) groups excluding carboxylic acids is 1. The molecule has 0 spiro atoms. The highest BCUT2D eigenvalue weighted by atomic mass is 32.2. The topological polar surface area (TPSA) is 77.8 Å². The molecule has 1 heterocycles. The van der Waals surface area contributed by atoms with Crippen LogP contribution in [0.3, 0.4) is 0 Å². The van der Waals surface area contributed by atoms with Crippen LogP contribution < -0.4 is 4.90 Å². The third-order valence-corrected chi connectivity index (χ3v) is 5.99. The molecule has 27 heavy (non-hydrogen) atoms. The van der Waals surface area contributed by atoms with E-state index >= 15 is 0 Å². The number of anilines is 1. The number of carboxylic acid groups (broad SMARTS) is 1. The maximum Gasteiger partial charge on any atom is 0.339 e. The monoisotopic (exact) mass is 399 g/mol. The molecule has 0 bridgehead atoms. The summed E-state index contributed by atoms with van der Waals surface area (Å²) in [6.07, 6.45) is 0. The van der Waals surface area contributed by atoms with Crippen molar-refractivity contribution >= 4 is 51.4 Å². The second-order valence-electron chi connectivity index (χ2n) is 6.27. The number of carboxylic acids is 1. The molecule has 0 saturated carbocycles. The molecule has 5 nitrogen and oxygen atoms in total. The number of aryl methyl sites for hydroxylation is 2. The zero-order valence-corrected chi connectivity index (χ0v) is 16.6. The van der Waals surface area contributed by atoms with Crippen LogP contribution in [0, 0.1) is 13.8 Å². The highest BCUT2D eigenvalue weighted by Gasteiger charge is 2.35. The van der Waals surface area contributed by atoms with E-state index in [4.69, 9.17) is 17.3 Å². The lowest BCUT2D eigenvalue weighted by atomic mass is 10.0. The number of allylic oxidation sites excluding steroid dienone is 1. The van der Waals surface area contributed by atoms with Gasteiger partial charge in [-0.25, -0.2) is 4.79 Å². The number of aromatic carboxylic acids is 1. The predicted molar refractivity (Wildman–Crippen MR) is 111 cm³/mol. The van der Waals surface area contributed by atoms with Crippen molar-refractivity contribution in [2.24, 2.45) is 0 Å². The lowest BCUT2D eigenvalue weighted by Crippen LogP contribution is -2.27. The number of thiocarbonyl (C=S) groups is 1. The first kappa shape index (κ1) is 19.1. The summed E-state index contributed by atoms with van der Waals surface area (Å²) in [4.78, 5) is 25.9. The zero-order chi connectivity index (χ0) is 19.9. The average Bonchev–Trinajstić information content (AvgIpc) is 2.90. The lowest BCUT2D eigenvalue weighted by Gasteiger charge is -2.15. The van der Waals surface area contributed by atoms with Crippen LogP contribution in [-0.4, -0.2) is 26.4 Å². The molecule has 2 N–H and O–H groups in total. The van der Waals surface area contributed by atoms with E-state index in [2.05, 4.69) is 0 Å². The number of nitrogens with zero attached hydrogens (tertiary/aromatic N) is 1.